The summed E-state index contributed by atoms with van der Waals surface area (Å²) in [5.74, 6) is -1.77. The van der Waals surface area contributed by atoms with Crippen molar-refractivity contribution in [3.63, 3.8) is 0 Å². The normalized spacial score (nSPS) is 11.5. The molecule has 1 aromatic rings. The van der Waals surface area contributed by atoms with E-state index in [9.17, 15) is 17.6 Å². The first-order valence-corrected chi connectivity index (χ1v) is 3.74. The molecular formula is C7H7F4N3O. The lowest BCUT2D eigenvalue weighted by molar-refractivity contribution is -0.274. The number of aromatic nitrogens is 1. The molecule has 1 rings (SSSR count). The number of alkyl halides is 3. The van der Waals surface area contributed by atoms with Crippen LogP contribution >= 0.6 is 0 Å². The zero-order valence-corrected chi connectivity index (χ0v) is 7.31. The van der Waals surface area contributed by atoms with Gasteiger partial charge in [-0.25, -0.2) is 4.98 Å². The maximum atomic E-state index is 12.6. The molecule has 0 saturated heterocycles. The lowest BCUT2D eigenvalue weighted by Gasteiger charge is -2.13. The van der Waals surface area contributed by atoms with Crippen LogP contribution in [0.4, 0.5) is 23.2 Å². The number of nitrogen functional groups attached to an aromatic ring is 1. The van der Waals surface area contributed by atoms with Gasteiger partial charge in [-0.2, -0.15) is 4.39 Å². The van der Waals surface area contributed by atoms with Crippen molar-refractivity contribution in [3.05, 3.63) is 17.7 Å². The molecule has 0 spiro atoms. The van der Waals surface area contributed by atoms with Crippen LogP contribution < -0.4 is 16.2 Å². The van der Waals surface area contributed by atoms with Crippen LogP contribution in [0.2, 0.25) is 0 Å². The Bertz CT molecular complexity index is 366. The molecule has 0 bridgehead atoms. The first kappa shape index (κ1) is 11.5. The number of ether oxygens (including phenoxy) is 1. The molecular weight excluding hydrogens is 218 g/mol. The summed E-state index contributed by atoms with van der Waals surface area (Å²) < 4.78 is 51.9. The topological polar surface area (TPSA) is 74.2 Å². The van der Waals surface area contributed by atoms with Crippen molar-refractivity contribution in [2.24, 2.45) is 5.73 Å². The number of hydrogen-bond donors (Lipinski definition) is 2. The Morgan fingerprint density at radius 2 is 2.00 bits per heavy atom. The molecule has 0 aliphatic rings. The van der Waals surface area contributed by atoms with Crippen LogP contribution in [0, 0.1) is 5.95 Å². The summed E-state index contributed by atoms with van der Waals surface area (Å²) in [5.41, 5.74) is 9.34. The number of hydrogen-bond acceptors (Lipinski definition) is 4. The van der Waals surface area contributed by atoms with Crippen molar-refractivity contribution >= 4 is 5.69 Å². The third-order valence-corrected chi connectivity index (χ3v) is 1.45. The number of rotatable bonds is 2. The fraction of sp³-hybridized carbons (Fsp3) is 0.286. The molecule has 1 aromatic heterocycles. The number of anilines is 1. The molecule has 0 aliphatic heterocycles. The molecule has 0 radical (unpaired) electrons. The number of nitrogens with zero attached hydrogens (tertiary/aromatic N) is 1. The van der Waals surface area contributed by atoms with Gasteiger partial charge in [0.25, 0.3) is 0 Å². The fourth-order valence-electron chi connectivity index (χ4n) is 0.944. The highest BCUT2D eigenvalue weighted by Gasteiger charge is 2.33. The van der Waals surface area contributed by atoms with E-state index in [1.807, 2.05) is 0 Å². The standard InChI is InChI=1S/C7H7F4N3O/c8-5-1-3(13)6(4(2-12)14-5)15-7(9,10)11/h1H,2,12H2,(H2,13,14). The highest BCUT2D eigenvalue weighted by atomic mass is 19.4. The summed E-state index contributed by atoms with van der Waals surface area (Å²) in [5, 5.41) is 0. The molecule has 0 aliphatic carbocycles. The molecule has 0 fully saturated rings. The van der Waals surface area contributed by atoms with Crippen molar-refractivity contribution in [1.29, 1.82) is 0 Å². The smallest absolute Gasteiger partial charge is 0.402 e. The Balaban J connectivity index is 3.15. The minimum atomic E-state index is -4.92. The van der Waals surface area contributed by atoms with Gasteiger partial charge in [0.15, 0.2) is 5.75 Å². The van der Waals surface area contributed by atoms with E-state index in [2.05, 4.69) is 9.72 Å². The minimum Gasteiger partial charge on any atom is -0.402 e. The summed E-state index contributed by atoms with van der Waals surface area (Å²) in [6.45, 7) is -0.409. The highest BCUT2D eigenvalue weighted by molar-refractivity contribution is 5.54. The van der Waals surface area contributed by atoms with Gasteiger partial charge in [0.05, 0.1) is 5.69 Å². The highest BCUT2D eigenvalue weighted by Crippen LogP contribution is 2.31. The molecule has 0 atom stereocenters. The van der Waals surface area contributed by atoms with Gasteiger partial charge in [-0.05, 0) is 0 Å². The van der Waals surface area contributed by atoms with Gasteiger partial charge in [0.2, 0.25) is 5.95 Å². The van der Waals surface area contributed by atoms with Crippen LogP contribution in [-0.4, -0.2) is 11.3 Å². The van der Waals surface area contributed by atoms with E-state index in [1.165, 1.54) is 0 Å². The zero-order valence-electron chi connectivity index (χ0n) is 7.31. The second kappa shape index (κ2) is 3.89. The van der Waals surface area contributed by atoms with Crippen LogP contribution in [0.25, 0.3) is 0 Å². The van der Waals surface area contributed by atoms with Crippen molar-refractivity contribution in [2.75, 3.05) is 5.73 Å². The molecule has 0 amide bonds. The molecule has 84 valence electrons. The predicted octanol–water partition coefficient (Wildman–Crippen LogP) is 1.16. The van der Waals surface area contributed by atoms with Crippen LogP contribution in [0.1, 0.15) is 5.69 Å². The Hall–Kier alpha value is -1.57. The van der Waals surface area contributed by atoms with E-state index < -0.39 is 30.3 Å². The Labute approximate surface area is 81.8 Å². The van der Waals surface area contributed by atoms with E-state index in [4.69, 9.17) is 11.5 Å². The van der Waals surface area contributed by atoms with Crippen molar-refractivity contribution in [1.82, 2.24) is 4.98 Å². The van der Waals surface area contributed by atoms with Crippen molar-refractivity contribution < 1.29 is 22.3 Å². The zero-order chi connectivity index (χ0) is 11.6. The first-order chi connectivity index (χ1) is 6.83. The third-order valence-electron chi connectivity index (χ3n) is 1.45. The van der Waals surface area contributed by atoms with Crippen molar-refractivity contribution in [3.8, 4) is 5.75 Å². The summed E-state index contributed by atoms with van der Waals surface area (Å²) in [6.07, 6.45) is -4.92. The van der Waals surface area contributed by atoms with E-state index in [-0.39, 0.29) is 5.69 Å². The number of nitrogens with two attached hydrogens (primary N) is 2. The Morgan fingerprint density at radius 3 is 2.47 bits per heavy atom. The van der Waals surface area contributed by atoms with Gasteiger partial charge < -0.3 is 16.2 Å². The van der Waals surface area contributed by atoms with Gasteiger partial charge in [0, 0.05) is 12.6 Å². The SMILES string of the molecule is NCc1nc(F)cc(N)c1OC(F)(F)F. The van der Waals surface area contributed by atoms with E-state index >= 15 is 0 Å². The molecule has 8 heteroatoms. The van der Waals surface area contributed by atoms with Crippen molar-refractivity contribution in [2.45, 2.75) is 12.9 Å². The van der Waals surface area contributed by atoms with E-state index in [1.54, 1.807) is 0 Å². The van der Waals surface area contributed by atoms with Gasteiger partial charge in [0.1, 0.15) is 5.69 Å². The third kappa shape index (κ3) is 2.94. The first-order valence-electron chi connectivity index (χ1n) is 3.74. The maximum Gasteiger partial charge on any atom is 0.573 e. The molecule has 15 heavy (non-hydrogen) atoms. The molecule has 4 N–H and O–H groups in total. The monoisotopic (exact) mass is 225 g/mol. The van der Waals surface area contributed by atoms with Crippen LogP contribution in [0.15, 0.2) is 6.07 Å². The maximum absolute atomic E-state index is 12.6. The number of pyridine rings is 1. The van der Waals surface area contributed by atoms with Gasteiger partial charge >= 0.3 is 6.36 Å². The lowest BCUT2D eigenvalue weighted by Crippen LogP contribution is -2.20. The van der Waals surface area contributed by atoms with Gasteiger partial charge in [-0.15, -0.1) is 13.2 Å². The Kier molecular flexibility index (Phi) is 2.98. The summed E-state index contributed by atoms with van der Waals surface area (Å²) in [6, 6.07) is 0.625. The average molecular weight is 225 g/mol. The van der Waals surface area contributed by atoms with Gasteiger partial charge in [-0.3, -0.25) is 0 Å². The second-order valence-corrected chi connectivity index (χ2v) is 2.56. The van der Waals surface area contributed by atoms with Gasteiger partial charge in [-0.1, -0.05) is 0 Å². The van der Waals surface area contributed by atoms with Crippen LogP contribution in [0.5, 0.6) is 5.75 Å². The Morgan fingerprint density at radius 1 is 1.40 bits per heavy atom. The largest absolute Gasteiger partial charge is 0.573 e. The second-order valence-electron chi connectivity index (χ2n) is 2.56. The van der Waals surface area contributed by atoms with E-state index in [0.717, 1.165) is 0 Å². The quantitative estimate of drug-likeness (QED) is 0.585. The summed E-state index contributed by atoms with van der Waals surface area (Å²) >= 11 is 0. The van der Waals surface area contributed by atoms with E-state index in [0.29, 0.717) is 6.07 Å². The summed E-state index contributed by atoms with van der Waals surface area (Å²) in [7, 11) is 0. The lowest BCUT2D eigenvalue weighted by atomic mass is 10.3. The van der Waals surface area contributed by atoms with Crippen LogP contribution in [-0.2, 0) is 6.54 Å². The molecule has 0 unspecified atom stereocenters. The molecule has 0 aromatic carbocycles. The number of halogens is 4. The molecule has 4 nitrogen and oxygen atoms in total. The fourth-order valence-corrected chi connectivity index (χ4v) is 0.944. The minimum absolute atomic E-state index is 0.384. The van der Waals surface area contributed by atoms with Crippen LogP contribution in [0.3, 0.4) is 0 Å². The average Bonchev–Trinajstić information content (AvgIpc) is 2.07. The predicted molar refractivity (Wildman–Crippen MR) is 43.2 cm³/mol. The molecule has 1 heterocycles. The molecule has 0 saturated carbocycles. The summed E-state index contributed by atoms with van der Waals surface area (Å²) in [4.78, 5) is 3.14.